The smallest absolute Gasteiger partial charge is 0.269 e. The Hall–Kier alpha value is -3.03. The molecule has 1 aromatic carbocycles. The van der Waals surface area contributed by atoms with Gasteiger partial charge < -0.3 is 25.1 Å². The number of nitrogens with zero attached hydrogens (tertiary/aromatic N) is 1. The van der Waals surface area contributed by atoms with Gasteiger partial charge in [-0.25, -0.2) is 4.98 Å². The Morgan fingerprint density at radius 3 is 2.54 bits per heavy atom. The zero-order valence-electron chi connectivity index (χ0n) is 16.2. The summed E-state index contributed by atoms with van der Waals surface area (Å²) in [5.74, 6) is 1.17. The normalized spacial score (nSPS) is 18.9. The summed E-state index contributed by atoms with van der Waals surface area (Å²) < 4.78 is 10.5. The predicted octanol–water partition coefficient (Wildman–Crippen LogP) is 2.03. The van der Waals surface area contributed by atoms with Crippen molar-refractivity contribution >= 4 is 11.8 Å². The molecular weight excluding hydrogens is 360 g/mol. The number of carbonyl (C=O) groups excluding carboxylic acids is 2. The van der Waals surface area contributed by atoms with Gasteiger partial charge in [-0.05, 0) is 43.4 Å². The van der Waals surface area contributed by atoms with Crippen molar-refractivity contribution in [2.75, 3.05) is 14.2 Å². The fourth-order valence-corrected chi connectivity index (χ4v) is 3.47. The van der Waals surface area contributed by atoms with Gasteiger partial charge in [-0.3, -0.25) is 9.59 Å². The molecule has 1 saturated carbocycles. The van der Waals surface area contributed by atoms with Gasteiger partial charge in [0.25, 0.3) is 5.91 Å². The molecule has 3 rings (SSSR count). The number of rotatable bonds is 7. The van der Waals surface area contributed by atoms with E-state index in [9.17, 15) is 9.59 Å². The number of aromatic nitrogens is 2. The molecule has 8 heteroatoms. The second-order valence-electron chi connectivity index (χ2n) is 6.89. The number of benzene rings is 1. The van der Waals surface area contributed by atoms with E-state index in [0.29, 0.717) is 23.7 Å². The van der Waals surface area contributed by atoms with Crippen LogP contribution in [0.15, 0.2) is 30.7 Å². The van der Waals surface area contributed by atoms with Crippen LogP contribution in [0.25, 0.3) is 0 Å². The van der Waals surface area contributed by atoms with Crippen LogP contribution in [0, 0.1) is 5.92 Å². The molecule has 150 valence electrons. The SMILES string of the molecule is COc1ccc(CNC(=O)C2CCC(NC(=O)c3cnc[nH]3)CC2)cc1OC. The molecule has 8 nitrogen and oxygen atoms in total. The maximum atomic E-state index is 12.5. The first kappa shape index (κ1) is 19.7. The van der Waals surface area contributed by atoms with Crippen molar-refractivity contribution in [3.05, 3.63) is 42.0 Å². The molecule has 2 aromatic rings. The maximum Gasteiger partial charge on any atom is 0.269 e. The first-order valence-corrected chi connectivity index (χ1v) is 9.38. The second kappa shape index (κ2) is 9.25. The minimum absolute atomic E-state index is 0.0274. The van der Waals surface area contributed by atoms with Gasteiger partial charge in [-0.15, -0.1) is 0 Å². The first-order chi connectivity index (χ1) is 13.6. The van der Waals surface area contributed by atoms with Gasteiger partial charge in [0.05, 0.1) is 26.7 Å². The van der Waals surface area contributed by atoms with E-state index < -0.39 is 0 Å². The highest BCUT2D eigenvalue weighted by atomic mass is 16.5. The van der Waals surface area contributed by atoms with Crippen LogP contribution in [0.2, 0.25) is 0 Å². The van der Waals surface area contributed by atoms with Crippen LogP contribution in [-0.2, 0) is 11.3 Å². The Kier molecular flexibility index (Phi) is 6.52. The molecule has 0 saturated heterocycles. The number of methoxy groups -OCH3 is 2. The second-order valence-corrected chi connectivity index (χ2v) is 6.89. The molecule has 0 spiro atoms. The molecule has 28 heavy (non-hydrogen) atoms. The van der Waals surface area contributed by atoms with Crippen LogP contribution in [0.1, 0.15) is 41.7 Å². The summed E-state index contributed by atoms with van der Waals surface area (Å²) in [5, 5.41) is 5.99. The van der Waals surface area contributed by atoms with E-state index in [-0.39, 0.29) is 23.8 Å². The summed E-state index contributed by atoms with van der Waals surface area (Å²) in [6.07, 6.45) is 6.07. The Bertz CT molecular complexity index is 799. The van der Waals surface area contributed by atoms with E-state index in [2.05, 4.69) is 20.6 Å². The highest BCUT2D eigenvalue weighted by Gasteiger charge is 2.27. The molecule has 0 aliphatic heterocycles. The number of nitrogens with one attached hydrogen (secondary N) is 3. The summed E-state index contributed by atoms with van der Waals surface area (Å²) in [6, 6.07) is 5.68. The molecule has 1 aliphatic carbocycles. The van der Waals surface area contributed by atoms with Gasteiger partial charge in [0.1, 0.15) is 5.69 Å². The monoisotopic (exact) mass is 386 g/mol. The third-order valence-corrected chi connectivity index (χ3v) is 5.09. The summed E-state index contributed by atoms with van der Waals surface area (Å²) in [4.78, 5) is 31.2. The van der Waals surface area contributed by atoms with Crippen LogP contribution < -0.4 is 20.1 Å². The number of hydrogen-bond donors (Lipinski definition) is 3. The number of amides is 2. The number of H-pyrrole nitrogens is 1. The van der Waals surface area contributed by atoms with Gasteiger partial charge in [0.15, 0.2) is 11.5 Å². The summed E-state index contributed by atoms with van der Waals surface area (Å²) in [5.41, 5.74) is 1.40. The quantitative estimate of drug-likeness (QED) is 0.675. The van der Waals surface area contributed by atoms with Crippen molar-refractivity contribution in [2.45, 2.75) is 38.3 Å². The average molecular weight is 386 g/mol. The zero-order chi connectivity index (χ0) is 19.9. The van der Waals surface area contributed by atoms with Crippen LogP contribution in [-0.4, -0.2) is 42.0 Å². The molecule has 1 aliphatic rings. The van der Waals surface area contributed by atoms with Gasteiger partial charge >= 0.3 is 0 Å². The lowest BCUT2D eigenvalue weighted by molar-refractivity contribution is -0.126. The number of carbonyl (C=O) groups is 2. The van der Waals surface area contributed by atoms with E-state index in [1.54, 1.807) is 14.2 Å². The Morgan fingerprint density at radius 1 is 1.14 bits per heavy atom. The molecule has 0 bridgehead atoms. The third kappa shape index (κ3) is 4.82. The van der Waals surface area contributed by atoms with Crippen molar-refractivity contribution in [3.8, 4) is 11.5 Å². The molecule has 1 fully saturated rings. The zero-order valence-corrected chi connectivity index (χ0v) is 16.2. The van der Waals surface area contributed by atoms with Crippen LogP contribution in [0.3, 0.4) is 0 Å². The van der Waals surface area contributed by atoms with Gasteiger partial charge in [0.2, 0.25) is 5.91 Å². The molecule has 3 N–H and O–H groups in total. The molecule has 1 aromatic heterocycles. The molecule has 0 atom stereocenters. The van der Waals surface area contributed by atoms with E-state index in [0.717, 1.165) is 31.2 Å². The highest BCUT2D eigenvalue weighted by molar-refractivity contribution is 5.92. The lowest BCUT2D eigenvalue weighted by Gasteiger charge is -2.28. The number of hydrogen-bond acceptors (Lipinski definition) is 5. The molecule has 0 unspecified atom stereocenters. The van der Waals surface area contributed by atoms with E-state index in [4.69, 9.17) is 9.47 Å². The van der Waals surface area contributed by atoms with Gasteiger partial charge in [-0.2, -0.15) is 0 Å². The minimum atomic E-state index is -0.154. The van der Waals surface area contributed by atoms with Crippen molar-refractivity contribution in [3.63, 3.8) is 0 Å². The van der Waals surface area contributed by atoms with Crippen LogP contribution in [0.4, 0.5) is 0 Å². The van der Waals surface area contributed by atoms with Crippen LogP contribution in [0.5, 0.6) is 11.5 Å². The summed E-state index contributed by atoms with van der Waals surface area (Å²) >= 11 is 0. The largest absolute Gasteiger partial charge is 0.493 e. The summed E-state index contributed by atoms with van der Waals surface area (Å²) in [6.45, 7) is 0.440. The van der Waals surface area contributed by atoms with Crippen molar-refractivity contribution < 1.29 is 19.1 Å². The standard InChI is InChI=1S/C20H26N4O4/c1-27-17-8-3-13(9-18(17)28-2)10-22-19(25)14-4-6-15(7-5-14)24-20(26)16-11-21-12-23-16/h3,8-9,11-12,14-15H,4-7,10H2,1-2H3,(H,21,23)(H,22,25)(H,24,26). The van der Waals surface area contributed by atoms with Crippen molar-refractivity contribution in [1.82, 2.24) is 20.6 Å². The number of imidazole rings is 1. The van der Waals surface area contributed by atoms with E-state index >= 15 is 0 Å². The fourth-order valence-electron chi connectivity index (χ4n) is 3.47. The van der Waals surface area contributed by atoms with Crippen molar-refractivity contribution in [2.24, 2.45) is 5.92 Å². The molecule has 0 radical (unpaired) electrons. The van der Waals surface area contributed by atoms with Crippen molar-refractivity contribution in [1.29, 1.82) is 0 Å². The Balaban J connectivity index is 1.44. The van der Waals surface area contributed by atoms with E-state index in [1.807, 2.05) is 18.2 Å². The fraction of sp³-hybridized carbons (Fsp3) is 0.450. The van der Waals surface area contributed by atoms with Crippen LogP contribution >= 0.6 is 0 Å². The number of ether oxygens (including phenoxy) is 2. The predicted molar refractivity (Wildman–Crippen MR) is 103 cm³/mol. The van der Waals surface area contributed by atoms with Gasteiger partial charge in [0, 0.05) is 18.5 Å². The minimum Gasteiger partial charge on any atom is -0.493 e. The van der Waals surface area contributed by atoms with Gasteiger partial charge in [-0.1, -0.05) is 6.07 Å². The maximum absolute atomic E-state index is 12.5. The lowest BCUT2D eigenvalue weighted by Crippen LogP contribution is -2.40. The lowest BCUT2D eigenvalue weighted by atomic mass is 9.85. The highest BCUT2D eigenvalue weighted by Crippen LogP contribution is 2.28. The molecule has 2 amide bonds. The topological polar surface area (TPSA) is 105 Å². The van der Waals surface area contributed by atoms with E-state index in [1.165, 1.54) is 12.5 Å². The summed E-state index contributed by atoms with van der Waals surface area (Å²) in [7, 11) is 3.18. The first-order valence-electron chi connectivity index (χ1n) is 9.38. The molecular formula is C20H26N4O4. The average Bonchev–Trinajstić information content (AvgIpc) is 3.27. The third-order valence-electron chi connectivity index (χ3n) is 5.09. The molecule has 1 heterocycles. The Labute approximate surface area is 164 Å². The Morgan fingerprint density at radius 2 is 1.89 bits per heavy atom. The number of aromatic amines is 1.